The normalized spacial score (nSPS) is 13.2. The number of hydrogen-bond acceptors (Lipinski definition) is 3. The predicted molar refractivity (Wildman–Crippen MR) is 77.2 cm³/mol. The van der Waals surface area contributed by atoms with E-state index in [0.717, 1.165) is 11.1 Å². The van der Waals surface area contributed by atoms with E-state index in [1.165, 1.54) is 0 Å². The third kappa shape index (κ3) is 5.01. The topological polar surface area (TPSA) is 75.3 Å². The van der Waals surface area contributed by atoms with Gasteiger partial charge in [0.2, 0.25) is 0 Å². The number of rotatable bonds is 4. The first-order valence-electron chi connectivity index (χ1n) is 6.53. The lowest BCUT2D eigenvalue weighted by atomic mass is 9.97. The van der Waals surface area contributed by atoms with Crippen LogP contribution in [0.4, 0.5) is 0 Å². The highest BCUT2D eigenvalue weighted by molar-refractivity contribution is 5.96. The summed E-state index contributed by atoms with van der Waals surface area (Å²) in [5.41, 5.74) is 7.60. The van der Waals surface area contributed by atoms with Gasteiger partial charge in [0.25, 0.3) is 5.91 Å². The Labute approximate surface area is 115 Å². The van der Waals surface area contributed by atoms with Crippen molar-refractivity contribution in [1.82, 2.24) is 5.32 Å². The molecule has 0 aliphatic carbocycles. The maximum Gasteiger partial charge on any atom is 0.251 e. The second kappa shape index (κ2) is 6.17. The zero-order chi connectivity index (χ0) is 14.6. The molecule has 1 rings (SSSR count). The molecule has 106 valence electrons. The summed E-state index contributed by atoms with van der Waals surface area (Å²) in [6.07, 6.45) is -0.229. The molecule has 0 fully saturated rings. The molecule has 0 aliphatic rings. The summed E-state index contributed by atoms with van der Waals surface area (Å²) in [4.78, 5) is 12.3. The number of nitrogens with two attached hydrogens (primary N) is 1. The van der Waals surface area contributed by atoms with E-state index in [0.29, 0.717) is 12.0 Å². The van der Waals surface area contributed by atoms with Crippen molar-refractivity contribution in [1.29, 1.82) is 0 Å². The number of nitrogens with one attached hydrogen (secondary N) is 1. The molecule has 0 spiro atoms. The molecule has 1 unspecified atom stereocenters. The minimum atomic E-state index is -0.621. The molecule has 0 aliphatic heterocycles. The van der Waals surface area contributed by atoms with Crippen LogP contribution in [0.25, 0.3) is 0 Å². The van der Waals surface area contributed by atoms with Gasteiger partial charge in [0.1, 0.15) is 0 Å². The molecule has 0 saturated carbocycles. The standard InChI is InChI=1S/C15H24N2O2/c1-10-5-6-11(8-12(18)9-16)13(7-10)14(19)17-15(2,3)4/h5-7,12,18H,8-9,16H2,1-4H3,(H,17,19). The first-order chi connectivity index (χ1) is 8.73. The Bertz CT molecular complexity index is 450. The van der Waals surface area contributed by atoms with Gasteiger partial charge in [0.15, 0.2) is 0 Å². The Morgan fingerprint density at radius 1 is 1.42 bits per heavy atom. The van der Waals surface area contributed by atoms with Crippen molar-refractivity contribution in [2.45, 2.75) is 45.8 Å². The molecule has 0 aromatic heterocycles. The first-order valence-corrected chi connectivity index (χ1v) is 6.53. The van der Waals surface area contributed by atoms with Gasteiger partial charge in [-0.25, -0.2) is 0 Å². The molecule has 0 bridgehead atoms. The van der Waals surface area contributed by atoms with Gasteiger partial charge in [-0.2, -0.15) is 0 Å². The zero-order valence-corrected chi connectivity index (χ0v) is 12.2. The van der Waals surface area contributed by atoms with Crippen LogP contribution < -0.4 is 11.1 Å². The fourth-order valence-electron chi connectivity index (χ4n) is 1.82. The summed E-state index contributed by atoms with van der Waals surface area (Å²) in [5.74, 6) is -0.115. The van der Waals surface area contributed by atoms with Gasteiger partial charge in [0.05, 0.1) is 6.10 Å². The van der Waals surface area contributed by atoms with Crippen LogP contribution in [-0.4, -0.2) is 29.2 Å². The van der Waals surface area contributed by atoms with Gasteiger partial charge in [-0.15, -0.1) is 0 Å². The number of aliphatic hydroxyl groups excluding tert-OH is 1. The van der Waals surface area contributed by atoms with Crippen LogP contribution in [0.1, 0.15) is 42.3 Å². The van der Waals surface area contributed by atoms with Crippen LogP contribution in [0.2, 0.25) is 0 Å². The molecule has 4 N–H and O–H groups in total. The van der Waals surface area contributed by atoms with E-state index in [-0.39, 0.29) is 18.0 Å². The van der Waals surface area contributed by atoms with Crippen LogP contribution in [0.5, 0.6) is 0 Å². The quantitative estimate of drug-likeness (QED) is 0.769. The van der Waals surface area contributed by atoms with Crippen LogP contribution in [0, 0.1) is 6.92 Å². The van der Waals surface area contributed by atoms with E-state index >= 15 is 0 Å². The molecule has 1 amide bonds. The molecule has 4 nitrogen and oxygen atoms in total. The summed E-state index contributed by atoms with van der Waals surface area (Å²) >= 11 is 0. The molecule has 0 heterocycles. The Morgan fingerprint density at radius 3 is 2.58 bits per heavy atom. The molecule has 1 aromatic rings. The Morgan fingerprint density at radius 2 is 2.05 bits per heavy atom. The highest BCUT2D eigenvalue weighted by atomic mass is 16.3. The Balaban J connectivity index is 3.03. The van der Waals surface area contributed by atoms with E-state index in [1.807, 2.05) is 45.9 Å². The van der Waals surface area contributed by atoms with E-state index in [9.17, 15) is 9.90 Å². The van der Waals surface area contributed by atoms with Crippen molar-refractivity contribution >= 4 is 5.91 Å². The lowest BCUT2D eigenvalue weighted by molar-refractivity contribution is 0.0917. The molecular formula is C15H24N2O2. The smallest absolute Gasteiger partial charge is 0.251 e. The zero-order valence-electron chi connectivity index (χ0n) is 12.2. The van der Waals surface area contributed by atoms with Gasteiger partial charge >= 0.3 is 0 Å². The van der Waals surface area contributed by atoms with E-state index in [2.05, 4.69) is 5.32 Å². The molecular weight excluding hydrogens is 240 g/mol. The van der Waals surface area contributed by atoms with Crippen molar-refractivity contribution in [3.8, 4) is 0 Å². The Kier molecular flexibility index (Phi) is 5.09. The van der Waals surface area contributed by atoms with Gasteiger partial charge in [-0.05, 0) is 39.3 Å². The van der Waals surface area contributed by atoms with Gasteiger partial charge < -0.3 is 16.2 Å². The fraction of sp³-hybridized carbons (Fsp3) is 0.533. The van der Waals surface area contributed by atoms with E-state index in [1.54, 1.807) is 0 Å². The Hall–Kier alpha value is -1.39. The highest BCUT2D eigenvalue weighted by Crippen LogP contribution is 2.15. The van der Waals surface area contributed by atoms with E-state index in [4.69, 9.17) is 5.73 Å². The van der Waals surface area contributed by atoms with Crippen LogP contribution >= 0.6 is 0 Å². The first kappa shape index (κ1) is 15.7. The second-order valence-electron chi connectivity index (χ2n) is 5.96. The second-order valence-corrected chi connectivity index (χ2v) is 5.96. The molecule has 1 aromatic carbocycles. The van der Waals surface area contributed by atoms with E-state index < -0.39 is 6.10 Å². The lowest BCUT2D eigenvalue weighted by Crippen LogP contribution is -2.41. The fourth-order valence-corrected chi connectivity index (χ4v) is 1.82. The summed E-state index contributed by atoms with van der Waals surface area (Å²) in [6, 6.07) is 5.66. The van der Waals surface area contributed by atoms with Crippen LogP contribution in [0.15, 0.2) is 18.2 Å². The largest absolute Gasteiger partial charge is 0.391 e. The predicted octanol–water partition coefficient (Wildman–Crippen LogP) is 1.39. The summed E-state index contributed by atoms with van der Waals surface area (Å²) in [5, 5.41) is 12.6. The summed E-state index contributed by atoms with van der Waals surface area (Å²) in [6.45, 7) is 7.95. The number of aliphatic hydroxyl groups is 1. The minimum Gasteiger partial charge on any atom is -0.391 e. The third-order valence-electron chi connectivity index (χ3n) is 2.73. The van der Waals surface area contributed by atoms with Crippen molar-refractivity contribution in [3.63, 3.8) is 0 Å². The average Bonchev–Trinajstić information content (AvgIpc) is 2.29. The minimum absolute atomic E-state index is 0.115. The van der Waals surface area contributed by atoms with Crippen molar-refractivity contribution in [2.24, 2.45) is 5.73 Å². The van der Waals surface area contributed by atoms with Gasteiger partial charge in [-0.1, -0.05) is 17.7 Å². The highest BCUT2D eigenvalue weighted by Gasteiger charge is 2.19. The third-order valence-corrected chi connectivity index (χ3v) is 2.73. The maximum atomic E-state index is 12.3. The van der Waals surface area contributed by atoms with Crippen molar-refractivity contribution in [3.05, 3.63) is 34.9 Å². The number of carbonyl (C=O) groups excluding carboxylic acids is 1. The monoisotopic (exact) mass is 264 g/mol. The summed E-state index contributed by atoms with van der Waals surface area (Å²) < 4.78 is 0. The maximum absolute atomic E-state index is 12.3. The molecule has 0 saturated heterocycles. The average molecular weight is 264 g/mol. The lowest BCUT2D eigenvalue weighted by Gasteiger charge is -2.22. The molecule has 4 heteroatoms. The molecule has 0 radical (unpaired) electrons. The molecule has 1 atom stereocenters. The van der Waals surface area contributed by atoms with Gasteiger partial charge in [-0.3, -0.25) is 4.79 Å². The number of aryl methyl sites for hydroxylation is 1. The van der Waals surface area contributed by atoms with Crippen LogP contribution in [0.3, 0.4) is 0 Å². The van der Waals surface area contributed by atoms with Crippen molar-refractivity contribution in [2.75, 3.05) is 6.54 Å². The number of carbonyl (C=O) groups is 1. The summed E-state index contributed by atoms with van der Waals surface area (Å²) in [7, 11) is 0. The number of benzene rings is 1. The molecule has 19 heavy (non-hydrogen) atoms. The SMILES string of the molecule is Cc1ccc(CC(O)CN)c(C(=O)NC(C)(C)C)c1. The number of amides is 1. The van der Waals surface area contributed by atoms with Gasteiger partial charge in [0, 0.05) is 24.1 Å². The number of hydrogen-bond donors (Lipinski definition) is 3. The van der Waals surface area contributed by atoms with Crippen LogP contribution in [-0.2, 0) is 6.42 Å². The van der Waals surface area contributed by atoms with Crippen molar-refractivity contribution < 1.29 is 9.90 Å².